The van der Waals surface area contributed by atoms with Crippen LogP contribution in [0.15, 0.2) is 35.3 Å². The van der Waals surface area contributed by atoms with Crippen molar-refractivity contribution in [2.75, 3.05) is 0 Å². The molecular formula is C16H19NO4. The molecule has 0 spiro atoms. The molecule has 5 heteroatoms. The molecule has 0 aliphatic rings. The van der Waals surface area contributed by atoms with Crippen LogP contribution in [0.2, 0.25) is 0 Å². The molecule has 0 radical (unpaired) electrons. The summed E-state index contributed by atoms with van der Waals surface area (Å²) in [5.41, 5.74) is -1.62. The predicted molar refractivity (Wildman–Crippen MR) is 80.9 cm³/mol. The van der Waals surface area contributed by atoms with Gasteiger partial charge in [-0.1, -0.05) is 0 Å². The van der Waals surface area contributed by atoms with E-state index in [0.29, 0.717) is 11.1 Å². The summed E-state index contributed by atoms with van der Waals surface area (Å²) in [6, 6.07) is 6.91. The topological polar surface area (TPSA) is 68.5 Å². The lowest BCUT2D eigenvalue weighted by Crippen LogP contribution is -2.42. The Balaban J connectivity index is 2.59. The predicted octanol–water partition coefficient (Wildman–Crippen LogP) is 2.61. The summed E-state index contributed by atoms with van der Waals surface area (Å²) in [4.78, 5) is 23.8. The van der Waals surface area contributed by atoms with Gasteiger partial charge in [-0.15, -0.1) is 0 Å². The van der Waals surface area contributed by atoms with Gasteiger partial charge >= 0.3 is 5.97 Å². The van der Waals surface area contributed by atoms with Gasteiger partial charge in [-0.2, -0.15) is 0 Å². The van der Waals surface area contributed by atoms with Crippen molar-refractivity contribution in [1.29, 1.82) is 0 Å². The number of carboxylic acids is 1. The zero-order chi connectivity index (χ0) is 15.8. The maximum Gasteiger partial charge on any atom is 0.329 e. The first-order chi connectivity index (χ1) is 9.73. The van der Waals surface area contributed by atoms with E-state index in [9.17, 15) is 14.7 Å². The summed E-state index contributed by atoms with van der Waals surface area (Å²) in [6.45, 7) is 6.85. The van der Waals surface area contributed by atoms with Crippen LogP contribution >= 0.6 is 0 Å². The highest BCUT2D eigenvalue weighted by Crippen LogP contribution is 2.21. The molecule has 0 unspecified atom stereocenters. The van der Waals surface area contributed by atoms with Crippen molar-refractivity contribution in [1.82, 2.24) is 4.57 Å². The Morgan fingerprint density at radius 1 is 1.29 bits per heavy atom. The lowest BCUT2D eigenvalue weighted by molar-refractivity contribution is -0.145. The van der Waals surface area contributed by atoms with Gasteiger partial charge in [0.2, 0.25) is 0 Å². The summed E-state index contributed by atoms with van der Waals surface area (Å²) >= 11 is 0. The van der Waals surface area contributed by atoms with E-state index in [2.05, 4.69) is 0 Å². The Morgan fingerprint density at radius 2 is 1.95 bits per heavy atom. The molecule has 0 amide bonds. The van der Waals surface area contributed by atoms with Crippen molar-refractivity contribution >= 4 is 16.7 Å². The first kappa shape index (κ1) is 15.1. The number of aromatic nitrogens is 1. The van der Waals surface area contributed by atoms with E-state index < -0.39 is 11.5 Å². The van der Waals surface area contributed by atoms with Crippen LogP contribution < -0.4 is 10.3 Å². The molecule has 112 valence electrons. The smallest absolute Gasteiger partial charge is 0.329 e. The van der Waals surface area contributed by atoms with Gasteiger partial charge in [0.25, 0.3) is 5.56 Å². The molecule has 2 aromatic rings. The van der Waals surface area contributed by atoms with Crippen molar-refractivity contribution in [3.05, 3.63) is 40.8 Å². The highest BCUT2D eigenvalue weighted by molar-refractivity contribution is 5.84. The van der Waals surface area contributed by atoms with Gasteiger partial charge in [-0.05, 0) is 57.3 Å². The summed E-state index contributed by atoms with van der Waals surface area (Å²) in [6.07, 6.45) is 1.56. The molecule has 2 rings (SSSR count). The first-order valence-corrected chi connectivity index (χ1v) is 6.79. The highest BCUT2D eigenvalue weighted by atomic mass is 16.5. The van der Waals surface area contributed by atoms with Crippen LogP contribution in [0.5, 0.6) is 5.75 Å². The number of ether oxygens (including phenoxy) is 1. The fourth-order valence-corrected chi connectivity index (χ4v) is 2.11. The summed E-state index contributed by atoms with van der Waals surface area (Å²) in [5.74, 6) is -0.365. The lowest BCUT2D eigenvalue weighted by atomic mass is 10.0. The van der Waals surface area contributed by atoms with E-state index in [1.54, 1.807) is 24.3 Å². The second-order valence-electron chi connectivity index (χ2n) is 5.77. The largest absolute Gasteiger partial charge is 0.491 e. The molecule has 0 aliphatic heterocycles. The number of fused-ring (bicyclic) bond motifs is 1. The first-order valence-electron chi connectivity index (χ1n) is 6.79. The van der Waals surface area contributed by atoms with Crippen LogP contribution in [-0.4, -0.2) is 21.7 Å². The Hall–Kier alpha value is -2.30. The number of aliphatic carboxylic acids is 1. The summed E-state index contributed by atoms with van der Waals surface area (Å²) in [7, 11) is 0. The van der Waals surface area contributed by atoms with Crippen LogP contribution in [-0.2, 0) is 10.3 Å². The summed E-state index contributed by atoms with van der Waals surface area (Å²) < 4.78 is 6.83. The van der Waals surface area contributed by atoms with E-state index >= 15 is 0 Å². The average molecular weight is 289 g/mol. The molecule has 0 bridgehead atoms. The molecular weight excluding hydrogens is 270 g/mol. The standard InChI is InChI=1S/C16H19NO4/c1-10(2)21-12-5-6-13-11(9-12)7-8-17(14(13)18)16(3,4)15(19)20/h5-10H,1-4H3,(H,19,20). The maximum atomic E-state index is 12.5. The molecule has 1 aromatic heterocycles. The number of hydrogen-bond donors (Lipinski definition) is 1. The number of hydrogen-bond acceptors (Lipinski definition) is 3. The van der Waals surface area contributed by atoms with Crippen molar-refractivity contribution in [2.45, 2.75) is 39.3 Å². The second kappa shape index (κ2) is 5.24. The minimum Gasteiger partial charge on any atom is -0.491 e. The number of rotatable bonds is 4. The van der Waals surface area contributed by atoms with E-state index in [1.807, 2.05) is 13.8 Å². The van der Waals surface area contributed by atoms with E-state index in [1.165, 1.54) is 24.6 Å². The molecule has 1 N–H and O–H groups in total. The van der Waals surface area contributed by atoms with Gasteiger partial charge in [-0.25, -0.2) is 4.79 Å². The minimum atomic E-state index is -1.29. The fourth-order valence-electron chi connectivity index (χ4n) is 2.11. The Bertz CT molecular complexity index is 744. The SMILES string of the molecule is CC(C)Oc1ccc2c(=O)n(C(C)(C)C(=O)O)ccc2c1. The molecule has 0 atom stereocenters. The number of nitrogens with zero attached hydrogens (tertiary/aromatic N) is 1. The van der Waals surface area contributed by atoms with Gasteiger partial charge in [-0.3, -0.25) is 9.36 Å². The van der Waals surface area contributed by atoms with Crippen LogP contribution in [0, 0.1) is 0 Å². The summed E-state index contributed by atoms with van der Waals surface area (Å²) in [5, 5.41) is 10.5. The van der Waals surface area contributed by atoms with Crippen LogP contribution in [0.4, 0.5) is 0 Å². The monoisotopic (exact) mass is 289 g/mol. The molecule has 1 aromatic carbocycles. The second-order valence-corrected chi connectivity index (χ2v) is 5.77. The zero-order valence-electron chi connectivity index (χ0n) is 12.6. The third-order valence-corrected chi connectivity index (χ3v) is 3.37. The molecule has 0 aliphatic carbocycles. The van der Waals surface area contributed by atoms with Gasteiger partial charge in [0.05, 0.1) is 6.10 Å². The lowest BCUT2D eigenvalue weighted by Gasteiger charge is -2.23. The van der Waals surface area contributed by atoms with Crippen LogP contribution in [0.25, 0.3) is 10.8 Å². The maximum absolute atomic E-state index is 12.5. The number of benzene rings is 1. The third kappa shape index (κ3) is 2.77. The van der Waals surface area contributed by atoms with E-state index in [-0.39, 0.29) is 11.7 Å². The van der Waals surface area contributed by atoms with Crippen molar-refractivity contribution in [2.24, 2.45) is 0 Å². The van der Waals surface area contributed by atoms with Gasteiger partial charge in [0, 0.05) is 11.6 Å². The van der Waals surface area contributed by atoms with Gasteiger partial charge in [0.15, 0.2) is 0 Å². The number of carboxylic acid groups (broad SMARTS) is 1. The third-order valence-electron chi connectivity index (χ3n) is 3.37. The van der Waals surface area contributed by atoms with Crippen LogP contribution in [0.3, 0.4) is 0 Å². The van der Waals surface area contributed by atoms with Gasteiger partial charge in [0.1, 0.15) is 11.3 Å². The average Bonchev–Trinajstić information content (AvgIpc) is 2.37. The fraction of sp³-hybridized carbons (Fsp3) is 0.375. The Labute approximate surface area is 122 Å². The molecule has 0 saturated heterocycles. The van der Waals surface area contributed by atoms with E-state index in [0.717, 1.165) is 5.39 Å². The normalized spacial score (nSPS) is 11.9. The van der Waals surface area contributed by atoms with Gasteiger partial charge < -0.3 is 9.84 Å². The minimum absolute atomic E-state index is 0.0498. The van der Waals surface area contributed by atoms with Crippen molar-refractivity contribution in [3.63, 3.8) is 0 Å². The number of pyridine rings is 1. The van der Waals surface area contributed by atoms with Crippen molar-refractivity contribution in [3.8, 4) is 5.75 Å². The quantitative estimate of drug-likeness (QED) is 0.939. The highest BCUT2D eigenvalue weighted by Gasteiger charge is 2.30. The molecule has 0 saturated carbocycles. The molecule has 5 nitrogen and oxygen atoms in total. The molecule has 21 heavy (non-hydrogen) atoms. The molecule has 0 fully saturated rings. The van der Waals surface area contributed by atoms with Crippen LogP contribution in [0.1, 0.15) is 27.7 Å². The molecule has 1 heterocycles. The Kier molecular flexibility index (Phi) is 3.77. The van der Waals surface area contributed by atoms with Crippen molar-refractivity contribution < 1.29 is 14.6 Å². The van der Waals surface area contributed by atoms with E-state index in [4.69, 9.17) is 4.74 Å². The zero-order valence-corrected chi connectivity index (χ0v) is 12.6. The number of carbonyl (C=O) groups is 1. The Morgan fingerprint density at radius 3 is 2.52 bits per heavy atom.